The number of likely N-dealkylation sites (tertiary alicyclic amines) is 1. The molecule has 3 fully saturated rings. The third-order valence-electron chi connectivity index (χ3n) is 6.63. The lowest BCUT2D eigenvalue weighted by Gasteiger charge is -2.23. The van der Waals surface area contributed by atoms with Gasteiger partial charge in [-0.25, -0.2) is 4.79 Å². The summed E-state index contributed by atoms with van der Waals surface area (Å²) in [5.74, 6) is 0.513. The third kappa shape index (κ3) is 2.60. The molecule has 2 saturated carbocycles. The van der Waals surface area contributed by atoms with E-state index < -0.39 is 11.4 Å². The summed E-state index contributed by atoms with van der Waals surface area (Å²) in [7, 11) is 0. The number of carbonyl (C=O) groups excluding carboxylic acids is 1. The van der Waals surface area contributed by atoms with Crippen molar-refractivity contribution in [1.82, 2.24) is 10.1 Å². The van der Waals surface area contributed by atoms with Gasteiger partial charge in [0, 0.05) is 24.6 Å². The van der Waals surface area contributed by atoms with E-state index in [4.69, 9.17) is 4.52 Å². The molecule has 2 N–H and O–H groups in total. The number of hydrogen-bond donors (Lipinski definition) is 2. The van der Waals surface area contributed by atoms with E-state index in [1.165, 1.54) is 12.8 Å². The number of urea groups is 1. The fourth-order valence-corrected chi connectivity index (χ4v) is 5.00. The van der Waals surface area contributed by atoms with E-state index in [1.54, 1.807) is 4.90 Å². The molecule has 4 rings (SSSR count). The number of carbonyl (C=O) groups is 2. The molecule has 0 radical (unpaired) electrons. The van der Waals surface area contributed by atoms with Crippen LogP contribution < -0.4 is 5.32 Å². The van der Waals surface area contributed by atoms with Gasteiger partial charge in [0.2, 0.25) is 0 Å². The molecule has 1 aliphatic heterocycles. The summed E-state index contributed by atoms with van der Waals surface area (Å²) in [5.41, 5.74) is -0.752. The van der Waals surface area contributed by atoms with E-state index >= 15 is 0 Å². The van der Waals surface area contributed by atoms with Gasteiger partial charge < -0.3 is 14.5 Å². The van der Waals surface area contributed by atoms with Gasteiger partial charge in [-0.05, 0) is 31.6 Å². The molecule has 1 saturated heterocycles. The predicted octanol–water partition coefficient (Wildman–Crippen LogP) is 3.22. The second kappa shape index (κ2) is 5.75. The van der Waals surface area contributed by atoms with Crippen LogP contribution in [0.3, 0.4) is 0 Å². The van der Waals surface area contributed by atoms with Gasteiger partial charge in [-0.15, -0.1) is 0 Å². The number of anilines is 1. The number of carboxylic acids is 1. The Morgan fingerprint density at radius 2 is 2.08 bits per heavy atom. The molecule has 7 nitrogen and oxygen atoms in total. The molecule has 0 spiro atoms. The first-order chi connectivity index (χ1) is 11.9. The maximum Gasteiger partial charge on any atom is 0.323 e. The van der Waals surface area contributed by atoms with Crippen LogP contribution in [0.5, 0.6) is 0 Å². The summed E-state index contributed by atoms with van der Waals surface area (Å²) in [6, 6.07) is 1.53. The molecule has 2 heterocycles. The Morgan fingerprint density at radius 3 is 2.76 bits per heavy atom. The normalized spacial score (nSPS) is 30.4. The first kappa shape index (κ1) is 16.4. The van der Waals surface area contributed by atoms with Gasteiger partial charge in [-0.1, -0.05) is 31.3 Å². The SMILES string of the molecule is CC1(c2cc(NC(=O)N3C[C@@H]4CCC[C@@]4(C(=O)O)C3)no2)CCCC1. The fourth-order valence-electron chi connectivity index (χ4n) is 5.00. The molecule has 0 unspecified atom stereocenters. The smallest absolute Gasteiger partial charge is 0.323 e. The summed E-state index contributed by atoms with van der Waals surface area (Å²) in [4.78, 5) is 25.9. The molecule has 136 valence electrons. The van der Waals surface area contributed by atoms with Gasteiger partial charge in [-0.3, -0.25) is 10.1 Å². The van der Waals surface area contributed by atoms with Crippen molar-refractivity contribution in [2.24, 2.45) is 11.3 Å². The molecule has 7 heteroatoms. The maximum absolute atomic E-state index is 12.6. The molecule has 25 heavy (non-hydrogen) atoms. The number of rotatable bonds is 3. The predicted molar refractivity (Wildman–Crippen MR) is 90.3 cm³/mol. The molecule has 0 bridgehead atoms. The first-order valence-electron chi connectivity index (χ1n) is 9.19. The van der Waals surface area contributed by atoms with Crippen LogP contribution in [0.2, 0.25) is 0 Å². The molecule has 3 aliphatic rings. The van der Waals surface area contributed by atoms with Gasteiger partial charge in [0.05, 0.1) is 5.41 Å². The number of fused-ring (bicyclic) bond motifs is 1. The van der Waals surface area contributed by atoms with Crippen LogP contribution in [0.4, 0.5) is 10.6 Å². The van der Waals surface area contributed by atoms with Gasteiger partial charge in [0.25, 0.3) is 0 Å². The summed E-state index contributed by atoms with van der Waals surface area (Å²) >= 11 is 0. The lowest BCUT2D eigenvalue weighted by atomic mass is 9.81. The van der Waals surface area contributed by atoms with E-state index in [2.05, 4.69) is 17.4 Å². The minimum Gasteiger partial charge on any atom is -0.481 e. The number of nitrogens with one attached hydrogen (secondary N) is 1. The van der Waals surface area contributed by atoms with Crippen molar-refractivity contribution >= 4 is 17.8 Å². The molecule has 1 aromatic rings. The summed E-state index contributed by atoms with van der Waals surface area (Å²) in [6.45, 7) is 2.95. The third-order valence-corrected chi connectivity index (χ3v) is 6.63. The molecule has 1 aromatic heterocycles. The van der Waals surface area contributed by atoms with Crippen LogP contribution in [-0.4, -0.2) is 40.3 Å². The van der Waals surface area contributed by atoms with E-state index in [9.17, 15) is 14.7 Å². The quantitative estimate of drug-likeness (QED) is 0.875. The molecule has 0 aromatic carbocycles. The van der Waals surface area contributed by atoms with Crippen LogP contribution in [0.1, 0.15) is 57.6 Å². The van der Waals surface area contributed by atoms with E-state index in [-0.39, 0.29) is 23.9 Å². The zero-order chi connectivity index (χ0) is 17.7. The monoisotopic (exact) mass is 347 g/mol. The molecule has 2 aliphatic carbocycles. The Labute approximate surface area is 146 Å². The highest BCUT2D eigenvalue weighted by Crippen LogP contribution is 2.49. The van der Waals surface area contributed by atoms with Gasteiger partial charge in [0.15, 0.2) is 5.82 Å². The van der Waals surface area contributed by atoms with E-state index in [0.717, 1.165) is 31.4 Å². The van der Waals surface area contributed by atoms with Crippen LogP contribution >= 0.6 is 0 Å². The number of amides is 2. The highest BCUT2D eigenvalue weighted by molar-refractivity contribution is 5.89. The average Bonchev–Trinajstić information content (AvgIpc) is 3.29. The maximum atomic E-state index is 12.6. The minimum atomic E-state index is -0.775. The molecule has 2 amide bonds. The van der Waals surface area contributed by atoms with E-state index in [1.807, 2.05) is 6.07 Å². The number of hydrogen-bond acceptors (Lipinski definition) is 4. The van der Waals surface area contributed by atoms with E-state index in [0.29, 0.717) is 18.8 Å². The number of carboxylic acid groups (broad SMARTS) is 1. The Morgan fingerprint density at radius 1 is 1.32 bits per heavy atom. The largest absolute Gasteiger partial charge is 0.481 e. The number of aromatic nitrogens is 1. The van der Waals surface area contributed by atoms with Crippen LogP contribution in [0, 0.1) is 11.3 Å². The second-order valence-electron chi connectivity index (χ2n) is 8.21. The van der Waals surface area contributed by atoms with Crippen molar-refractivity contribution in [2.45, 2.75) is 57.3 Å². The average molecular weight is 347 g/mol. The zero-order valence-corrected chi connectivity index (χ0v) is 14.6. The summed E-state index contributed by atoms with van der Waals surface area (Å²) in [5, 5.41) is 16.4. The van der Waals surface area contributed by atoms with Crippen LogP contribution in [0.25, 0.3) is 0 Å². The van der Waals surface area contributed by atoms with Crippen molar-refractivity contribution < 1.29 is 19.2 Å². The zero-order valence-electron chi connectivity index (χ0n) is 14.6. The molecule has 2 atom stereocenters. The first-order valence-corrected chi connectivity index (χ1v) is 9.19. The van der Waals surface area contributed by atoms with Crippen molar-refractivity contribution in [3.05, 3.63) is 11.8 Å². The van der Waals surface area contributed by atoms with Crippen molar-refractivity contribution in [2.75, 3.05) is 18.4 Å². The highest BCUT2D eigenvalue weighted by Gasteiger charge is 2.55. The number of aliphatic carboxylic acids is 1. The number of nitrogens with zero attached hydrogens (tertiary/aromatic N) is 2. The van der Waals surface area contributed by atoms with Crippen molar-refractivity contribution in [3.8, 4) is 0 Å². The van der Waals surface area contributed by atoms with Gasteiger partial charge in [-0.2, -0.15) is 0 Å². The standard InChI is InChI=1S/C18H25N3O4/c1-17(6-2-3-7-17)13-9-14(20-25-13)19-16(24)21-10-12-5-4-8-18(12,11-21)15(22)23/h9,12H,2-8,10-11H2,1H3,(H,22,23)(H,19,20,24)/t12-,18+/m0/s1. The van der Waals surface area contributed by atoms with Gasteiger partial charge >= 0.3 is 12.0 Å². The lowest BCUT2D eigenvalue weighted by Crippen LogP contribution is -2.38. The Bertz CT molecular complexity index is 694. The lowest BCUT2D eigenvalue weighted by molar-refractivity contribution is -0.149. The van der Waals surface area contributed by atoms with Gasteiger partial charge in [0.1, 0.15) is 5.76 Å². The second-order valence-corrected chi connectivity index (χ2v) is 8.21. The Hall–Kier alpha value is -2.05. The highest BCUT2D eigenvalue weighted by atomic mass is 16.5. The van der Waals surface area contributed by atoms with Crippen LogP contribution in [-0.2, 0) is 10.2 Å². The summed E-state index contributed by atoms with van der Waals surface area (Å²) < 4.78 is 5.47. The fraction of sp³-hybridized carbons (Fsp3) is 0.722. The minimum absolute atomic E-state index is 0.00795. The Kier molecular flexibility index (Phi) is 3.77. The topological polar surface area (TPSA) is 95.7 Å². The van der Waals surface area contributed by atoms with Crippen molar-refractivity contribution in [3.63, 3.8) is 0 Å². The van der Waals surface area contributed by atoms with Crippen LogP contribution in [0.15, 0.2) is 10.6 Å². The Balaban J connectivity index is 1.43. The molecular formula is C18H25N3O4. The van der Waals surface area contributed by atoms with Crippen molar-refractivity contribution in [1.29, 1.82) is 0 Å². The summed E-state index contributed by atoms with van der Waals surface area (Å²) in [6.07, 6.45) is 6.98. The molecular weight excluding hydrogens is 322 g/mol.